The summed E-state index contributed by atoms with van der Waals surface area (Å²) in [5.41, 5.74) is -2.54. The monoisotopic (exact) mass is 676 g/mol. The Morgan fingerprint density at radius 2 is 0.878 bits per heavy atom. The van der Waals surface area contributed by atoms with E-state index in [2.05, 4.69) is 0 Å². The van der Waals surface area contributed by atoms with Crippen molar-refractivity contribution >= 4 is 23.5 Å². The van der Waals surface area contributed by atoms with Crippen LogP contribution in [0.3, 0.4) is 0 Å². The van der Waals surface area contributed by atoms with E-state index in [0.717, 1.165) is 50.6 Å². The van der Waals surface area contributed by atoms with Gasteiger partial charge < -0.3 is 49.6 Å². The Kier molecular flexibility index (Phi) is 9.93. The molecule has 0 saturated carbocycles. The average Bonchev–Trinajstić information content (AvgIpc) is 3.05. The van der Waals surface area contributed by atoms with Gasteiger partial charge >= 0.3 is 11.9 Å². The van der Waals surface area contributed by atoms with Crippen molar-refractivity contribution in [1.82, 2.24) is 0 Å². The zero-order valence-corrected chi connectivity index (χ0v) is 27.1. The van der Waals surface area contributed by atoms with Gasteiger partial charge in [-0.3, -0.25) is 9.59 Å². The highest BCUT2D eigenvalue weighted by molar-refractivity contribution is 6.20. The summed E-state index contributed by atoms with van der Waals surface area (Å²) in [6, 6.07) is 6.33. The van der Waals surface area contributed by atoms with Crippen molar-refractivity contribution in [3.8, 4) is 46.0 Å². The topological polar surface area (TPSA) is 227 Å². The molecule has 0 radical (unpaired) electrons. The van der Waals surface area contributed by atoms with Crippen LogP contribution in [0.5, 0.6) is 46.0 Å². The first kappa shape index (κ1) is 35.4. The maximum atomic E-state index is 13.9. The SMILES string of the molecule is COC(=O)c1cc(O)cc(OC)c1C(=O)c1c(O)cc(C)c(Cc2c(C)cc(O)c(C(=O)c3c(OC)cc(O)cc3C(=O)OC)c2O)c1O. The van der Waals surface area contributed by atoms with Crippen molar-refractivity contribution in [1.29, 1.82) is 0 Å². The lowest BCUT2D eigenvalue weighted by molar-refractivity contribution is 0.0589. The minimum absolute atomic E-state index is 0.00142. The first-order valence-corrected chi connectivity index (χ1v) is 14.3. The van der Waals surface area contributed by atoms with Crippen molar-refractivity contribution in [2.75, 3.05) is 28.4 Å². The highest BCUT2D eigenvalue weighted by Gasteiger charge is 2.33. The summed E-state index contributed by atoms with van der Waals surface area (Å²) in [5, 5.41) is 64.9. The summed E-state index contributed by atoms with van der Waals surface area (Å²) in [5.74, 6) is -8.44. The smallest absolute Gasteiger partial charge is 0.338 e. The molecule has 0 aromatic heterocycles. The fourth-order valence-electron chi connectivity index (χ4n) is 5.50. The number of aromatic hydroxyl groups is 6. The molecule has 0 aliphatic carbocycles. The molecule has 0 amide bonds. The maximum Gasteiger partial charge on any atom is 0.338 e. The van der Waals surface area contributed by atoms with Gasteiger partial charge in [-0.25, -0.2) is 9.59 Å². The van der Waals surface area contributed by atoms with Crippen molar-refractivity contribution in [3.63, 3.8) is 0 Å². The van der Waals surface area contributed by atoms with Gasteiger partial charge in [0.1, 0.15) is 57.1 Å². The summed E-state index contributed by atoms with van der Waals surface area (Å²) in [6.45, 7) is 2.99. The Hall–Kier alpha value is -6.44. The quantitative estimate of drug-likeness (QED) is 0.102. The molecule has 6 N–H and O–H groups in total. The molecule has 0 bridgehead atoms. The van der Waals surface area contributed by atoms with Crippen molar-refractivity contribution < 1.29 is 68.8 Å². The first-order chi connectivity index (χ1) is 23.1. The largest absolute Gasteiger partial charge is 0.508 e. The zero-order valence-electron chi connectivity index (χ0n) is 27.1. The number of carbonyl (C=O) groups excluding carboxylic acids is 4. The molecule has 0 spiro atoms. The number of ketones is 2. The number of phenolic OH excluding ortho intramolecular Hbond substituents is 6. The second kappa shape index (κ2) is 13.7. The fourth-order valence-corrected chi connectivity index (χ4v) is 5.50. The molecule has 4 aromatic rings. The van der Waals surface area contributed by atoms with Crippen LogP contribution >= 0.6 is 0 Å². The number of carbonyl (C=O) groups is 4. The minimum Gasteiger partial charge on any atom is -0.508 e. The third-order valence-electron chi connectivity index (χ3n) is 7.90. The fraction of sp³-hybridized carbons (Fsp3) is 0.200. The molecule has 14 heteroatoms. The second-order valence-corrected chi connectivity index (χ2v) is 10.8. The molecule has 0 aliphatic heterocycles. The number of hydrogen-bond acceptors (Lipinski definition) is 14. The lowest BCUT2D eigenvalue weighted by atomic mass is 9.87. The van der Waals surface area contributed by atoms with Gasteiger partial charge in [-0.05, 0) is 49.2 Å². The Morgan fingerprint density at radius 1 is 0.531 bits per heavy atom. The molecule has 0 atom stereocenters. The van der Waals surface area contributed by atoms with E-state index in [4.69, 9.17) is 18.9 Å². The average molecular weight is 677 g/mol. The Morgan fingerprint density at radius 3 is 1.18 bits per heavy atom. The number of benzene rings is 4. The van der Waals surface area contributed by atoms with Gasteiger partial charge in [0.25, 0.3) is 0 Å². The molecule has 0 fully saturated rings. The lowest BCUT2D eigenvalue weighted by Crippen LogP contribution is -2.15. The summed E-state index contributed by atoms with van der Waals surface area (Å²) in [4.78, 5) is 53.0. The molecule has 4 rings (SSSR count). The number of ether oxygens (including phenoxy) is 4. The van der Waals surface area contributed by atoms with Crippen LogP contribution in [0.1, 0.15) is 74.8 Å². The van der Waals surface area contributed by atoms with Gasteiger partial charge in [0, 0.05) is 29.7 Å². The minimum atomic E-state index is -1.08. The zero-order chi connectivity index (χ0) is 36.5. The van der Waals surface area contributed by atoms with Gasteiger partial charge in [-0.15, -0.1) is 0 Å². The van der Waals surface area contributed by atoms with Crippen molar-refractivity contribution in [2.24, 2.45) is 0 Å². The molecule has 0 unspecified atom stereocenters. The number of methoxy groups -OCH3 is 4. The van der Waals surface area contributed by atoms with E-state index in [9.17, 15) is 49.8 Å². The molecule has 0 aliphatic rings. The van der Waals surface area contributed by atoms with Gasteiger partial charge in [0.05, 0.1) is 50.7 Å². The number of hydrogen-bond donors (Lipinski definition) is 6. The van der Waals surface area contributed by atoms with E-state index in [1.165, 1.54) is 28.1 Å². The second-order valence-electron chi connectivity index (χ2n) is 10.8. The summed E-state index contributed by atoms with van der Waals surface area (Å²) >= 11 is 0. The van der Waals surface area contributed by atoms with Crippen LogP contribution in [0.25, 0.3) is 0 Å². The Bertz CT molecular complexity index is 1900. The number of esters is 2. The van der Waals surface area contributed by atoms with Crippen molar-refractivity contribution in [3.05, 3.63) is 92.0 Å². The van der Waals surface area contributed by atoms with Gasteiger partial charge in [0.15, 0.2) is 0 Å². The highest BCUT2D eigenvalue weighted by Crippen LogP contribution is 2.43. The lowest BCUT2D eigenvalue weighted by Gasteiger charge is -2.19. The standard InChI is InChI=1S/C35H32O14/c1-14-7-22(38)28(32(42)26-20(34(44)48-5)9-16(36)11-24(26)46-3)30(40)18(14)13-19-15(2)8-23(39)29(31(19)41)33(43)27-21(35(45)49-6)10-17(37)12-25(27)47-4/h7-12,36-41H,13H2,1-6H3. The number of aryl methyl sites for hydroxylation is 2. The van der Waals surface area contributed by atoms with Crippen LogP contribution in [0.4, 0.5) is 0 Å². The van der Waals surface area contributed by atoms with E-state index in [-0.39, 0.29) is 40.2 Å². The normalized spacial score (nSPS) is 10.7. The molecule has 4 aromatic carbocycles. The predicted octanol–water partition coefficient (Wildman–Crippen LogP) is 4.18. The molecule has 0 heterocycles. The third-order valence-corrected chi connectivity index (χ3v) is 7.90. The Balaban J connectivity index is 1.92. The van der Waals surface area contributed by atoms with Crippen LogP contribution in [-0.4, -0.2) is 82.6 Å². The van der Waals surface area contributed by atoms with E-state index < -0.39 is 91.4 Å². The highest BCUT2D eigenvalue weighted by atomic mass is 16.5. The van der Waals surface area contributed by atoms with Crippen LogP contribution in [-0.2, 0) is 15.9 Å². The van der Waals surface area contributed by atoms with E-state index in [0.29, 0.717) is 0 Å². The van der Waals surface area contributed by atoms with Crippen LogP contribution in [0, 0.1) is 13.8 Å². The first-order valence-electron chi connectivity index (χ1n) is 14.3. The molecule has 49 heavy (non-hydrogen) atoms. The summed E-state index contributed by atoms with van der Waals surface area (Å²) < 4.78 is 19.9. The summed E-state index contributed by atoms with van der Waals surface area (Å²) in [7, 11) is 4.44. The third kappa shape index (κ3) is 6.31. The molecular formula is C35H32O14. The molecule has 256 valence electrons. The summed E-state index contributed by atoms with van der Waals surface area (Å²) in [6.07, 6.45) is -0.371. The van der Waals surface area contributed by atoms with Gasteiger partial charge in [-0.2, -0.15) is 0 Å². The predicted molar refractivity (Wildman–Crippen MR) is 171 cm³/mol. The number of rotatable bonds is 10. The van der Waals surface area contributed by atoms with E-state index >= 15 is 0 Å². The maximum absolute atomic E-state index is 13.9. The molecular weight excluding hydrogens is 644 g/mol. The van der Waals surface area contributed by atoms with E-state index in [1.54, 1.807) is 0 Å². The van der Waals surface area contributed by atoms with Crippen molar-refractivity contribution in [2.45, 2.75) is 20.3 Å². The van der Waals surface area contributed by atoms with Crippen LogP contribution in [0.2, 0.25) is 0 Å². The van der Waals surface area contributed by atoms with Gasteiger partial charge in [0.2, 0.25) is 11.6 Å². The van der Waals surface area contributed by atoms with E-state index in [1.807, 2.05) is 0 Å². The molecule has 0 saturated heterocycles. The van der Waals surface area contributed by atoms with Crippen LogP contribution in [0.15, 0.2) is 36.4 Å². The van der Waals surface area contributed by atoms with Crippen LogP contribution < -0.4 is 9.47 Å². The van der Waals surface area contributed by atoms with Gasteiger partial charge in [-0.1, -0.05) is 0 Å². The molecule has 14 nitrogen and oxygen atoms in total. The number of phenols is 6. The Labute approximate surface area is 278 Å².